The fourth-order valence-electron chi connectivity index (χ4n) is 1.14. The van der Waals surface area contributed by atoms with Crippen molar-refractivity contribution in [3.05, 3.63) is 29.8 Å². The highest BCUT2D eigenvalue weighted by Crippen LogP contribution is 2.14. The summed E-state index contributed by atoms with van der Waals surface area (Å²) in [6.07, 6.45) is -4.32. The van der Waals surface area contributed by atoms with E-state index >= 15 is 0 Å². The Balaban J connectivity index is 2.25. The smallest absolute Gasteiger partial charge is 0.411 e. The van der Waals surface area contributed by atoms with Crippen LogP contribution in [0.2, 0.25) is 0 Å². The highest BCUT2D eigenvalue weighted by atomic mass is 19.4. The summed E-state index contributed by atoms with van der Waals surface area (Å²) in [5.74, 6) is 0.422. The molecule has 4 nitrogen and oxygen atoms in total. The lowest BCUT2D eigenvalue weighted by Gasteiger charge is -2.09. The molecule has 0 bridgehead atoms. The van der Waals surface area contributed by atoms with Crippen molar-refractivity contribution in [2.45, 2.75) is 6.18 Å². The molecule has 1 aromatic rings. The fourth-order valence-corrected chi connectivity index (χ4v) is 1.14. The highest BCUT2D eigenvalue weighted by molar-refractivity contribution is 5.94. The molecule has 0 atom stereocenters. The summed E-state index contributed by atoms with van der Waals surface area (Å²) in [7, 11) is 0. The topological polar surface area (TPSA) is 68.3 Å². The molecule has 18 heavy (non-hydrogen) atoms. The molecule has 3 N–H and O–H groups in total. The molecule has 0 unspecified atom stereocenters. The summed E-state index contributed by atoms with van der Waals surface area (Å²) in [6.45, 7) is -1.40. The Labute approximate surface area is 102 Å². The predicted molar refractivity (Wildman–Crippen MR) is 59.8 cm³/mol. The second-order valence-corrected chi connectivity index (χ2v) is 3.45. The van der Waals surface area contributed by atoms with E-state index in [9.17, 15) is 13.2 Å². The standard InChI is InChI=1S/C11H13F3N2O2/c12-11(13,14)7-17-5-6-18-9-3-1-8(2-4-9)10(15)16/h1-4H,5-7H2,(H3,15,16). The molecule has 0 fully saturated rings. The summed E-state index contributed by atoms with van der Waals surface area (Å²) in [4.78, 5) is 0. The summed E-state index contributed by atoms with van der Waals surface area (Å²) < 4.78 is 44.7. The molecular formula is C11H13F3N2O2. The van der Waals surface area contributed by atoms with Crippen LogP contribution in [0.15, 0.2) is 24.3 Å². The molecule has 0 amide bonds. The van der Waals surface area contributed by atoms with E-state index in [-0.39, 0.29) is 19.0 Å². The van der Waals surface area contributed by atoms with Gasteiger partial charge < -0.3 is 15.2 Å². The Morgan fingerprint density at radius 2 is 1.78 bits per heavy atom. The largest absolute Gasteiger partial charge is 0.491 e. The van der Waals surface area contributed by atoms with Gasteiger partial charge in [0.1, 0.15) is 24.8 Å². The minimum Gasteiger partial charge on any atom is -0.491 e. The molecule has 0 aliphatic carbocycles. The quantitative estimate of drug-likeness (QED) is 0.467. The van der Waals surface area contributed by atoms with Gasteiger partial charge in [-0.3, -0.25) is 5.41 Å². The van der Waals surface area contributed by atoms with Crippen molar-refractivity contribution in [3.63, 3.8) is 0 Å². The zero-order valence-corrected chi connectivity index (χ0v) is 9.46. The maximum Gasteiger partial charge on any atom is 0.411 e. The van der Waals surface area contributed by atoms with Gasteiger partial charge in [0, 0.05) is 5.56 Å². The Hall–Kier alpha value is -1.76. The van der Waals surface area contributed by atoms with Crippen molar-refractivity contribution in [1.29, 1.82) is 5.41 Å². The SMILES string of the molecule is N=C(N)c1ccc(OCCOCC(F)(F)F)cc1. The number of rotatable bonds is 6. The van der Waals surface area contributed by atoms with Crippen LogP contribution in [0, 0.1) is 5.41 Å². The van der Waals surface area contributed by atoms with Crippen LogP contribution in [0.1, 0.15) is 5.56 Å². The normalized spacial score (nSPS) is 11.3. The second-order valence-electron chi connectivity index (χ2n) is 3.45. The van der Waals surface area contributed by atoms with Gasteiger partial charge in [0.15, 0.2) is 0 Å². The van der Waals surface area contributed by atoms with E-state index in [0.717, 1.165) is 0 Å². The maximum atomic E-state index is 11.7. The number of nitrogens with two attached hydrogens (primary N) is 1. The van der Waals surface area contributed by atoms with Gasteiger partial charge in [-0.15, -0.1) is 0 Å². The van der Waals surface area contributed by atoms with Crippen LogP contribution >= 0.6 is 0 Å². The zero-order valence-electron chi connectivity index (χ0n) is 9.46. The average molecular weight is 262 g/mol. The molecule has 0 aliphatic heterocycles. The number of halogens is 3. The van der Waals surface area contributed by atoms with E-state index < -0.39 is 12.8 Å². The van der Waals surface area contributed by atoms with Crippen LogP contribution in [0.25, 0.3) is 0 Å². The number of hydrogen-bond donors (Lipinski definition) is 2. The van der Waals surface area contributed by atoms with E-state index in [0.29, 0.717) is 11.3 Å². The fraction of sp³-hybridized carbons (Fsp3) is 0.364. The van der Waals surface area contributed by atoms with Crippen LogP contribution in [0.3, 0.4) is 0 Å². The van der Waals surface area contributed by atoms with Gasteiger partial charge in [-0.2, -0.15) is 13.2 Å². The predicted octanol–water partition coefficient (Wildman–Crippen LogP) is 1.93. The van der Waals surface area contributed by atoms with Crippen LogP contribution in [0.5, 0.6) is 5.75 Å². The number of alkyl halides is 3. The third kappa shape index (κ3) is 5.53. The summed E-state index contributed by atoms with van der Waals surface area (Å²) in [6, 6.07) is 6.35. The van der Waals surface area contributed by atoms with Crippen molar-refractivity contribution >= 4 is 5.84 Å². The number of hydrogen-bond acceptors (Lipinski definition) is 3. The molecule has 0 heterocycles. The summed E-state index contributed by atoms with van der Waals surface area (Å²) in [5.41, 5.74) is 5.81. The Bertz CT molecular complexity index is 390. The van der Waals surface area contributed by atoms with E-state index in [4.69, 9.17) is 15.9 Å². The Kier molecular flexibility index (Phi) is 4.96. The maximum absolute atomic E-state index is 11.7. The number of amidine groups is 1. The van der Waals surface area contributed by atoms with Crippen molar-refractivity contribution in [1.82, 2.24) is 0 Å². The molecule has 100 valence electrons. The van der Waals surface area contributed by atoms with Gasteiger partial charge in [-0.05, 0) is 24.3 Å². The van der Waals surface area contributed by atoms with E-state index in [1.807, 2.05) is 0 Å². The number of nitrogen functional groups attached to an aromatic ring is 1. The van der Waals surface area contributed by atoms with Gasteiger partial charge >= 0.3 is 6.18 Å². The van der Waals surface area contributed by atoms with Gasteiger partial charge in [0.05, 0.1) is 6.61 Å². The molecule has 0 radical (unpaired) electrons. The molecule has 0 spiro atoms. The Morgan fingerprint density at radius 3 is 2.28 bits per heavy atom. The van der Waals surface area contributed by atoms with Crippen molar-refractivity contribution in [3.8, 4) is 5.75 Å². The molecule has 1 rings (SSSR count). The molecular weight excluding hydrogens is 249 g/mol. The first-order valence-corrected chi connectivity index (χ1v) is 5.10. The third-order valence-electron chi connectivity index (χ3n) is 1.93. The monoisotopic (exact) mass is 262 g/mol. The summed E-state index contributed by atoms with van der Waals surface area (Å²) in [5, 5.41) is 7.17. The first-order chi connectivity index (χ1) is 8.38. The lowest BCUT2D eigenvalue weighted by Crippen LogP contribution is -2.19. The molecule has 0 aliphatic rings. The van der Waals surface area contributed by atoms with E-state index in [2.05, 4.69) is 4.74 Å². The minimum atomic E-state index is -4.32. The lowest BCUT2D eigenvalue weighted by atomic mass is 10.2. The van der Waals surface area contributed by atoms with Crippen LogP contribution in [-0.4, -0.2) is 31.8 Å². The second kappa shape index (κ2) is 6.25. The Morgan fingerprint density at radius 1 is 1.17 bits per heavy atom. The summed E-state index contributed by atoms with van der Waals surface area (Å²) >= 11 is 0. The number of nitrogens with one attached hydrogen (secondary N) is 1. The zero-order chi connectivity index (χ0) is 13.6. The van der Waals surface area contributed by atoms with E-state index in [1.54, 1.807) is 24.3 Å². The van der Waals surface area contributed by atoms with Gasteiger partial charge in [0.25, 0.3) is 0 Å². The number of benzene rings is 1. The molecule has 0 saturated carbocycles. The molecule has 0 saturated heterocycles. The lowest BCUT2D eigenvalue weighted by molar-refractivity contribution is -0.175. The highest BCUT2D eigenvalue weighted by Gasteiger charge is 2.27. The van der Waals surface area contributed by atoms with Crippen molar-refractivity contribution in [2.75, 3.05) is 19.8 Å². The van der Waals surface area contributed by atoms with Gasteiger partial charge in [-0.25, -0.2) is 0 Å². The third-order valence-corrected chi connectivity index (χ3v) is 1.93. The first-order valence-electron chi connectivity index (χ1n) is 5.10. The van der Waals surface area contributed by atoms with E-state index in [1.165, 1.54) is 0 Å². The molecule has 7 heteroatoms. The van der Waals surface area contributed by atoms with Crippen LogP contribution in [-0.2, 0) is 4.74 Å². The first kappa shape index (κ1) is 14.3. The van der Waals surface area contributed by atoms with Gasteiger partial charge in [0.2, 0.25) is 0 Å². The molecule has 0 aromatic heterocycles. The van der Waals surface area contributed by atoms with Crippen LogP contribution < -0.4 is 10.5 Å². The molecule has 1 aromatic carbocycles. The van der Waals surface area contributed by atoms with Crippen molar-refractivity contribution in [2.24, 2.45) is 5.73 Å². The minimum absolute atomic E-state index is 0.0233. The van der Waals surface area contributed by atoms with Crippen molar-refractivity contribution < 1.29 is 22.6 Å². The van der Waals surface area contributed by atoms with Gasteiger partial charge in [-0.1, -0.05) is 0 Å². The number of ether oxygens (including phenoxy) is 2. The van der Waals surface area contributed by atoms with Crippen LogP contribution in [0.4, 0.5) is 13.2 Å². The average Bonchev–Trinajstić information content (AvgIpc) is 2.27.